The number of nitrogens with zero attached hydrogens (tertiary/aromatic N) is 4. The minimum Gasteiger partial charge on any atom is -0.478 e. The summed E-state index contributed by atoms with van der Waals surface area (Å²) in [5, 5.41) is 16.1. The fraction of sp³-hybridized carbons (Fsp3) is 0.579. The highest BCUT2D eigenvalue weighted by atomic mass is 19.4. The Morgan fingerprint density at radius 3 is 2.03 bits per heavy atom. The van der Waals surface area contributed by atoms with E-state index in [4.69, 9.17) is 19.7 Å². The number of carboxylic acid groups (broad SMARTS) is 2. The summed E-state index contributed by atoms with van der Waals surface area (Å²) in [6.07, 6.45) is -3.70. The summed E-state index contributed by atoms with van der Waals surface area (Å²) in [6, 6.07) is 3.17. The van der Waals surface area contributed by atoms with E-state index >= 15 is 0 Å². The highest BCUT2D eigenvalue weighted by Gasteiger charge is 2.38. The summed E-state index contributed by atoms with van der Waals surface area (Å²) in [5.41, 5.74) is 0.187. The van der Waals surface area contributed by atoms with Gasteiger partial charge in [-0.3, -0.25) is 9.69 Å². The molecule has 1 amide bonds. The number of alkyl halides is 3. The van der Waals surface area contributed by atoms with Crippen molar-refractivity contribution in [1.82, 2.24) is 14.8 Å². The second kappa shape index (κ2) is 11.1. The van der Waals surface area contributed by atoms with Gasteiger partial charge in [0.2, 0.25) is 5.91 Å². The highest BCUT2D eigenvalue weighted by molar-refractivity contribution is 5.87. The van der Waals surface area contributed by atoms with Crippen LogP contribution in [-0.4, -0.2) is 108 Å². The Bertz CT molecular complexity index is 791. The fourth-order valence-corrected chi connectivity index (χ4v) is 3.24. The van der Waals surface area contributed by atoms with Gasteiger partial charge in [-0.1, -0.05) is 0 Å². The lowest BCUT2D eigenvalue weighted by molar-refractivity contribution is -0.192. The Hall–Kier alpha value is -2.93. The van der Waals surface area contributed by atoms with E-state index in [1.165, 1.54) is 6.20 Å². The molecule has 32 heavy (non-hydrogen) atoms. The van der Waals surface area contributed by atoms with Gasteiger partial charge in [0.1, 0.15) is 5.82 Å². The summed E-state index contributed by atoms with van der Waals surface area (Å²) < 4.78 is 37.0. The molecule has 13 heteroatoms. The van der Waals surface area contributed by atoms with Gasteiger partial charge in [-0.05, 0) is 19.1 Å². The molecular weight excluding hydrogens is 437 g/mol. The number of halogens is 3. The number of ether oxygens (including phenoxy) is 1. The highest BCUT2D eigenvalue weighted by Crippen LogP contribution is 2.16. The first-order chi connectivity index (χ1) is 15.0. The quantitative estimate of drug-likeness (QED) is 0.668. The first-order valence-corrected chi connectivity index (χ1v) is 9.85. The molecule has 2 saturated heterocycles. The number of carboxylic acids is 2. The molecule has 0 aliphatic carbocycles. The van der Waals surface area contributed by atoms with Gasteiger partial charge >= 0.3 is 18.1 Å². The molecule has 1 aromatic rings. The van der Waals surface area contributed by atoms with Crippen molar-refractivity contribution < 1.29 is 42.5 Å². The molecule has 2 aliphatic rings. The van der Waals surface area contributed by atoms with Crippen LogP contribution in [0.25, 0.3) is 0 Å². The van der Waals surface area contributed by atoms with Gasteiger partial charge in [0.05, 0.1) is 24.8 Å². The Morgan fingerprint density at radius 1 is 1.03 bits per heavy atom. The van der Waals surface area contributed by atoms with Crippen LogP contribution in [0.4, 0.5) is 19.0 Å². The number of carbonyl (C=O) groups excluding carboxylic acids is 1. The Kier molecular flexibility index (Phi) is 8.78. The lowest BCUT2D eigenvalue weighted by atomic mass is 10.2. The van der Waals surface area contributed by atoms with Crippen LogP contribution in [0.15, 0.2) is 18.3 Å². The zero-order chi connectivity index (χ0) is 23.9. The molecule has 3 heterocycles. The first-order valence-electron chi connectivity index (χ1n) is 9.85. The van der Waals surface area contributed by atoms with Crippen molar-refractivity contribution in [2.24, 2.45) is 0 Å². The van der Waals surface area contributed by atoms with Crippen LogP contribution in [0.1, 0.15) is 17.3 Å². The van der Waals surface area contributed by atoms with Crippen molar-refractivity contribution in [2.75, 3.05) is 57.4 Å². The number of rotatable bonds is 4. The number of aliphatic carboxylic acids is 1. The fourth-order valence-electron chi connectivity index (χ4n) is 3.24. The van der Waals surface area contributed by atoms with E-state index in [0.29, 0.717) is 26.3 Å². The van der Waals surface area contributed by atoms with Gasteiger partial charge in [0.25, 0.3) is 0 Å². The van der Waals surface area contributed by atoms with E-state index in [-0.39, 0.29) is 17.5 Å². The molecule has 0 bridgehead atoms. The maximum atomic E-state index is 12.6. The van der Waals surface area contributed by atoms with Crippen LogP contribution in [0.3, 0.4) is 0 Å². The van der Waals surface area contributed by atoms with E-state index < -0.39 is 18.1 Å². The molecule has 0 aromatic carbocycles. The molecule has 1 aromatic heterocycles. The molecule has 178 valence electrons. The van der Waals surface area contributed by atoms with Crippen molar-refractivity contribution >= 4 is 23.7 Å². The molecule has 1 atom stereocenters. The minimum absolute atomic E-state index is 0.136. The number of anilines is 1. The molecular formula is C19H25F3N4O6. The number of hydrogen-bond acceptors (Lipinski definition) is 7. The molecule has 0 radical (unpaired) electrons. The number of aromatic carboxylic acids is 1. The molecule has 2 fully saturated rings. The Morgan fingerprint density at radius 2 is 1.59 bits per heavy atom. The van der Waals surface area contributed by atoms with E-state index in [2.05, 4.69) is 14.8 Å². The van der Waals surface area contributed by atoms with Crippen LogP contribution >= 0.6 is 0 Å². The molecule has 0 spiro atoms. The van der Waals surface area contributed by atoms with Crippen molar-refractivity contribution in [3.05, 3.63) is 23.9 Å². The van der Waals surface area contributed by atoms with Crippen LogP contribution < -0.4 is 4.90 Å². The second-order valence-electron chi connectivity index (χ2n) is 7.15. The average Bonchev–Trinajstić information content (AvgIpc) is 2.78. The van der Waals surface area contributed by atoms with Gasteiger partial charge in [-0.15, -0.1) is 0 Å². The van der Waals surface area contributed by atoms with E-state index in [0.717, 1.165) is 32.0 Å². The predicted molar refractivity (Wildman–Crippen MR) is 106 cm³/mol. The molecule has 0 saturated carbocycles. The van der Waals surface area contributed by atoms with Gasteiger partial charge in [0, 0.05) is 45.5 Å². The van der Waals surface area contributed by atoms with Crippen LogP contribution in [0, 0.1) is 0 Å². The normalized spacial score (nSPS) is 18.4. The topological polar surface area (TPSA) is 124 Å². The standard InChI is InChI=1S/C17H24N4O4.C2HF3O2/c1-13(16(22)21-8-10-25-11-9-21)19-4-6-20(7-5-19)15-3-2-14(12-18-15)17(23)24;3-2(4,5)1(6)7/h2-3,12-13H,4-11H2,1H3,(H,23,24);(H,6,7). The summed E-state index contributed by atoms with van der Waals surface area (Å²) in [7, 11) is 0. The number of pyridine rings is 1. The lowest BCUT2D eigenvalue weighted by Gasteiger charge is -2.40. The van der Waals surface area contributed by atoms with E-state index in [1.807, 2.05) is 11.8 Å². The molecule has 2 aliphatic heterocycles. The zero-order valence-corrected chi connectivity index (χ0v) is 17.4. The van der Waals surface area contributed by atoms with E-state index in [1.54, 1.807) is 12.1 Å². The van der Waals surface area contributed by atoms with Crippen LogP contribution in [-0.2, 0) is 14.3 Å². The van der Waals surface area contributed by atoms with Crippen molar-refractivity contribution in [2.45, 2.75) is 19.1 Å². The third-order valence-electron chi connectivity index (χ3n) is 5.10. The third kappa shape index (κ3) is 7.05. The van der Waals surface area contributed by atoms with Gasteiger partial charge in [0.15, 0.2) is 0 Å². The molecule has 10 nitrogen and oxygen atoms in total. The molecule has 2 N–H and O–H groups in total. The molecule has 3 rings (SSSR count). The van der Waals surface area contributed by atoms with Crippen LogP contribution in [0.2, 0.25) is 0 Å². The van der Waals surface area contributed by atoms with Gasteiger partial charge in [-0.2, -0.15) is 13.2 Å². The maximum absolute atomic E-state index is 12.6. The number of aromatic nitrogens is 1. The van der Waals surface area contributed by atoms with Gasteiger partial charge in [-0.25, -0.2) is 14.6 Å². The summed E-state index contributed by atoms with van der Waals surface area (Å²) in [5.74, 6) is -2.79. The summed E-state index contributed by atoms with van der Waals surface area (Å²) in [4.78, 5) is 42.8. The zero-order valence-electron chi connectivity index (χ0n) is 17.4. The maximum Gasteiger partial charge on any atom is 0.490 e. The lowest BCUT2D eigenvalue weighted by Crippen LogP contribution is -2.56. The summed E-state index contributed by atoms with van der Waals surface area (Å²) >= 11 is 0. The van der Waals surface area contributed by atoms with Crippen LogP contribution in [0.5, 0.6) is 0 Å². The second-order valence-corrected chi connectivity index (χ2v) is 7.15. The number of carbonyl (C=O) groups is 3. The Labute approximate surface area is 182 Å². The SMILES string of the molecule is CC(C(=O)N1CCOCC1)N1CCN(c2ccc(C(=O)O)cn2)CC1.O=C(O)C(F)(F)F. The van der Waals surface area contributed by atoms with Gasteiger partial charge < -0.3 is 24.7 Å². The number of piperazine rings is 1. The Balaban J connectivity index is 0.000000451. The average molecular weight is 462 g/mol. The van der Waals surface area contributed by atoms with E-state index in [9.17, 15) is 22.8 Å². The minimum atomic E-state index is -5.08. The number of hydrogen-bond donors (Lipinski definition) is 2. The first kappa shape index (κ1) is 25.3. The number of morpholine rings is 1. The monoisotopic (exact) mass is 462 g/mol. The summed E-state index contributed by atoms with van der Waals surface area (Å²) in [6.45, 7) is 7.62. The van der Waals surface area contributed by atoms with Crippen molar-refractivity contribution in [3.8, 4) is 0 Å². The predicted octanol–water partition coefficient (Wildman–Crippen LogP) is 0.782. The smallest absolute Gasteiger partial charge is 0.478 e. The van der Waals surface area contributed by atoms with Crippen molar-refractivity contribution in [1.29, 1.82) is 0 Å². The third-order valence-corrected chi connectivity index (χ3v) is 5.10. The number of amides is 1. The largest absolute Gasteiger partial charge is 0.490 e. The molecule has 1 unspecified atom stereocenters. The van der Waals surface area contributed by atoms with Crippen molar-refractivity contribution in [3.63, 3.8) is 0 Å².